The lowest BCUT2D eigenvalue weighted by atomic mass is 10.0. The lowest BCUT2D eigenvalue weighted by Gasteiger charge is -2.23. The molecule has 1 saturated heterocycles. The number of carbonyl (C=O) groups is 2. The lowest BCUT2D eigenvalue weighted by Crippen LogP contribution is -2.37. The number of carboxylic acid groups (broad SMARTS) is 1. The van der Waals surface area contributed by atoms with Gasteiger partial charge in [0.05, 0.1) is 31.4 Å². The van der Waals surface area contributed by atoms with E-state index in [1.807, 2.05) is 0 Å². The summed E-state index contributed by atoms with van der Waals surface area (Å²) < 4.78 is 32.9. The van der Waals surface area contributed by atoms with Crippen LogP contribution in [-0.2, 0) is 23.7 Å². The second kappa shape index (κ2) is 12.8. The monoisotopic (exact) mass is 497 g/mol. The van der Waals surface area contributed by atoms with Crippen LogP contribution in [0.3, 0.4) is 0 Å². The highest BCUT2D eigenvalue weighted by molar-refractivity contribution is 6.03. The molecule has 1 aromatic rings. The summed E-state index contributed by atoms with van der Waals surface area (Å²) in [5, 5.41) is 21.9. The highest BCUT2D eigenvalue weighted by atomic mass is 16.8. The summed E-state index contributed by atoms with van der Waals surface area (Å²) in [4.78, 5) is 24.9. The maximum absolute atomic E-state index is 13.0. The van der Waals surface area contributed by atoms with Gasteiger partial charge in [-0.1, -0.05) is 12.2 Å². The van der Waals surface area contributed by atoms with Crippen LogP contribution in [0.15, 0.2) is 24.3 Å². The third-order valence-electron chi connectivity index (χ3n) is 5.14. The Kier molecular flexibility index (Phi) is 10.5. The standard InChI is InChI=1S/C24H35NO10/c1-14(26)8-7-9-17(32-6)22-19(34-24(2,3)35-22)12-20(27)25-16-10-15(31-5)11-18(33-13-30-4)21(16)23(28)29/h7,9-11,14,17,19,22,26H,8,12-13H2,1-6H3,(H,25,27)(H,28,29)/b9-7-/t14-,17?,19+,22-/m1/s1. The minimum Gasteiger partial charge on any atom is -0.497 e. The zero-order valence-corrected chi connectivity index (χ0v) is 20.9. The number of benzene rings is 1. The maximum atomic E-state index is 13.0. The molecule has 0 saturated carbocycles. The van der Waals surface area contributed by atoms with Gasteiger partial charge < -0.3 is 44.0 Å². The predicted molar refractivity (Wildman–Crippen MR) is 126 cm³/mol. The summed E-state index contributed by atoms with van der Waals surface area (Å²) in [6, 6.07) is 2.79. The van der Waals surface area contributed by atoms with Gasteiger partial charge in [-0.05, 0) is 27.2 Å². The fraction of sp³-hybridized carbons (Fsp3) is 0.583. The summed E-state index contributed by atoms with van der Waals surface area (Å²) in [6.07, 6.45) is 1.50. The number of aliphatic hydroxyl groups excluding tert-OH is 1. The maximum Gasteiger partial charge on any atom is 0.341 e. The van der Waals surface area contributed by atoms with Gasteiger partial charge in [0.1, 0.15) is 29.3 Å². The zero-order chi connectivity index (χ0) is 26.2. The minimum absolute atomic E-state index is 0.00259. The van der Waals surface area contributed by atoms with Crippen molar-refractivity contribution in [2.45, 2.75) is 63.8 Å². The number of carboxylic acids is 1. The molecule has 1 aliphatic rings. The highest BCUT2D eigenvalue weighted by Gasteiger charge is 2.45. The van der Waals surface area contributed by atoms with Crippen LogP contribution >= 0.6 is 0 Å². The molecule has 3 N–H and O–H groups in total. The second-order valence-electron chi connectivity index (χ2n) is 8.51. The number of nitrogens with one attached hydrogen (secondary N) is 1. The molecule has 1 amide bonds. The van der Waals surface area contributed by atoms with Crippen LogP contribution in [0.5, 0.6) is 11.5 Å². The molecule has 1 heterocycles. The highest BCUT2D eigenvalue weighted by Crippen LogP contribution is 2.35. The van der Waals surface area contributed by atoms with Crippen LogP contribution in [-0.4, -0.2) is 80.4 Å². The van der Waals surface area contributed by atoms with E-state index in [4.69, 9.17) is 28.4 Å². The Bertz CT molecular complexity index is 899. The lowest BCUT2D eigenvalue weighted by molar-refractivity contribution is -0.154. The molecule has 1 aliphatic heterocycles. The van der Waals surface area contributed by atoms with Gasteiger partial charge in [-0.3, -0.25) is 4.79 Å². The summed E-state index contributed by atoms with van der Waals surface area (Å²) in [7, 11) is 4.33. The van der Waals surface area contributed by atoms with Gasteiger partial charge in [-0.2, -0.15) is 0 Å². The number of aliphatic hydroxyl groups is 1. The van der Waals surface area contributed by atoms with Crippen LogP contribution in [0.2, 0.25) is 0 Å². The number of amides is 1. The van der Waals surface area contributed by atoms with E-state index in [0.717, 1.165) is 0 Å². The number of aromatic carboxylic acids is 1. The molecule has 11 nitrogen and oxygen atoms in total. The molecule has 0 bridgehead atoms. The molecule has 0 radical (unpaired) electrons. The van der Waals surface area contributed by atoms with Gasteiger partial charge in [0.25, 0.3) is 0 Å². The third kappa shape index (κ3) is 8.18. The molecule has 196 valence electrons. The molecule has 0 aliphatic carbocycles. The predicted octanol–water partition coefficient (Wildman–Crippen LogP) is 2.57. The normalized spacial score (nSPS) is 21.0. The summed E-state index contributed by atoms with van der Waals surface area (Å²) in [5.74, 6) is -2.49. The average molecular weight is 498 g/mol. The van der Waals surface area contributed by atoms with E-state index >= 15 is 0 Å². The number of ether oxygens (including phenoxy) is 6. The Morgan fingerprint density at radius 2 is 1.94 bits per heavy atom. The Labute approximate surface area is 204 Å². The van der Waals surface area contributed by atoms with Crippen LogP contribution in [0.1, 0.15) is 44.0 Å². The van der Waals surface area contributed by atoms with Crippen LogP contribution in [0.4, 0.5) is 5.69 Å². The zero-order valence-electron chi connectivity index (χ0n) is 20.9. The number of hydrogen-bond donors (Lipinski definition) is 3. The first kappa shape index (κ1) is 28.5. The van der Waals surface area contributed by atoms with Gasteiger partial charge in [0.15, 0.2) is 12.6 Å². The minimum atomic E-state index is -1.30. The van der Waals surface area contributed by atoms with E-state index in [1.54, 1.807) is 32.9 Å². The molecule has 1 fully saturated rings. The van der Waals surface area contributed by atoms with Crippen molar-refractivity contribution in [1.82, 2.24) is 0 Å². The van der Waals surface area contributed by atoms with Crippen molar-refractivity contribution in [2.24, 2.45) is 0 Å². The Hall–Kier alpha value is -2.70. The number of rotatable bonds is 13. The fourth-order valence-corrected chi connectivity index (χ4v) is 3.68. The number of carbonyl (C=O) groups excluding carboxylic acids is 1. The Morgan fingerprint density at radius 1 is 1.23 bits per heavy atom. The molecule has 0 aromatic heterocycles. The van der Waals surface area contributed by atoms with E-state index < -0.39 is 42.1 Å². The summed E-state index contributed by atoms with van der Waals surface area (Å²) >= 11 is 0. The van der Waals surface area contributed by atoms with E-state index in [0.29, 0.717) is 12.2 Å². The van der Waals surface area contributed by atoms with E-state index in [2.05, 4.69) is 5.32 Å². The van der Waals surface area contributed by atoms with Crippen molar-refractivity contribution in [1.29, 1.82) is 0 Å². The number of hydrogen-bond acceptors (Lipinski definition) is 9. The topological polar surface area (TPSA) is 142 Å². The number of methoxy groups -OCH3 is 3. The van der Waals surface area contributed by atoms with Crippen molar-refractivity contribution in [3.05, 3.63) is 29.8 Å². The van der Waals surface area contributed by atoms with Gasteiger partial charge >= 0.3 is 5.97 Å². The molecular formula is C24H35NO10. The van der Waals surface area contributed by atoms with Crippen molar-refractivity contribution in [3.63, 3.8) is 0 Å². The Morgan fingerprint density at radius 3 is 2.51 bits per heavy atom. The smallest absolute Gasteiger partial charge is 0.341 e. The van der Waals surface area contributed by atoms with Crippen LogP contribution in [0, 0.1) is 0 Å². The van der Waals surface area contributed by atoms with Crippen molar-refractivity contribution in [3.8, 4) is 11.5 Å². The number of anilines is 1. The van der Waals surface area contributed by atoms with Crippen molar-refractivity contribution in [2.75, 3.05) is 33.4 Å². The summed E-state index contributed by atoms with van der Waals surface area (Å²) in [5.41, 5.74) is -0.240. The molecule has 1 aromatic carbocycles. The molecular weight excluding hydrogens is 462 g/mol. The van der Waals surface area contributed by atoms with Gasteiger partial charge in [-0.15, -0.1) is 0 Å². The molecule has 35 heavy (non-hydrogen) atoms. The van der Waals surface area contributed by atoms with E-state index in [9.17, 15) is 19.8 Å². The van der Waals surface area contributed by atoms with Crippen LogP contribution < -0.4 is 14.8 Å². The first-order chi connectivity index (χ1) is 16.5. The van der Waals surface area contributed by atoms with Gasteiger partial charge in [0, 0.05) is 26.4 Å². The first-order valence-electron chi connectivity index (χ1n) is 11.1. The van der Waals surface area contributed by atoms with E-state index in [1.165, 1.54) is 33.5 Å². The second-order valence-corrected chi connectivity index (χ2v) is 8.51. The largest absolute Gasteiger partial charge is 0.497 e. The molecule has 1 unspecified atom stereocenters. The van der Waals surface area contributed by atoms with Crippen molar-refractivity contribution >= 4 is 17.6 Å². The fourth-order valence-electron chi connectivity index (χ4n) is 3.68. The van der Waals surface area contributed by atoms with E-state index in [-0.39, 0.29) is 30.2 Å². The van der Waals surface area contributed by atoms with Crippen LogP contribution in [0.25, 0.3) is 0 Å². The molecule has 11 heteroatoms. The average Bonchev–Trinajstić information content (AvgIpc) is 3.07. The molecule has 2 rings (SSSR count). The van der Waals surface area contributed by atoms with Crippen molar-refractivity contribution < 1.29 is 48.2 Å². The van der Waals surface area contributed by atoms with Gasteiger partial charge in [0.2, 0.25) is 5.91 Å². The van der Waals surface area contributed by atoms with Gasteiger partial charge in [-0.25, -0.2) is 4.79 Å². The molecule has 4 atom stereocenters. The molecule has 0 spiro atoms. The SMILES string of the molecule is COCOc1cc(OC)cc(NC(=O)C[C@@H]2OC(C)(C)O[C@@H]2C(/C=C\C[C@@H](C)O)OC)c1C(=O)O. The quantitative estimate of drug-likeness (QED) is 0.275. The third-order valence-corrected chi connectivity index (χ3v) is 5.14. The summed E-state index contributed by atoms with van der Waals surface area (Å²) in [6.45, 7) is 4.95. The Balaban J connectivity index is 2.26. The first-order valence-corrected chi connectivity index (χ1v) is 11.1.